The van der Waals surface area contributed by atoms with Gasteiger partial charge in [-0.3, -0.25) is 0 Å². The standard InChI is InChI=1S/C8H9N3/c1-3-7-4-8(5-9)11-6(2)10-7/h4H,3H2,1-2H3. The highest BCUT2D eigenvalue weighted by Gasteiger charge is 1.97. The van der Waals surface area contributed by atoms with Gasteiger partial charge in [-0.05, 0) is 19.4 Å². The molecule has 0 radical (unpaired) electrons. The first kappa shape index (κ1) is 7.67. The van der Waals surface area contributed by atoms with Gasteiger partial charge in [-0.2, -0.15) is 5.26 Å². The monoisotopic (exact) mass is 147 g/mol. The van der Waals surface area contributed by atoms with Crippen molar-refractivity contribution in [3.8, 4) is 6.07 Å². The van der Waals surface area contributed by atoms with Crippen LogP contribution >= 0.6 is 0 Å². The second-order valence-electron chi connectivity index (χ2n) is 2.26. The van der Waals surface area contributed by atoms with Crippen molar-refractivity contribution in [2.24, 2.45) is 0 Å². The van der Waals surface area contributed by atoms with E-state index >= 15 is 0 Å². The molecule has 1 aromatic heterocycles. The fraction of sp³-hybridized carbons (Fsp3) is 0.375. The van der Waals surface area contributed by atoms with E-state index in [1.54, 1.807) is 13.0 Å². The summed E-state index contributed by atoms with van der Waals surface area (Å²) in [6, 6.07) is 3.71. The zero-order valence-electron chi connectivity index (χ0n) is 6.63. The van der Waals surface area contributed by atoms with Crippen molar-refractivity contribution in [1.82, 2.24) is 9.97 Å². The highest BCUT2D eigenvalue weighted by molar-refractivity contribution is 5.22. The van der Waals surface area contributed by atoms with Crippen LogP contribution in [-0.2, 0) is 6.42 Å². The van der Waals surface area contributed by atoms with Crippen LogP contribution < -0.4 is 0 Å². The largest absolute Gasteiger partial charge is 0.238 e. The second kappa shape index (κ2) is 3.11. The van der Waals surface area contributed by atoms with Gasteiger partial charge >= 0.3 is 0 Å². The normalized spacial score (nSPS) is 9.18. The lowest BCUT2D eigenvalue weighted by Gasteiger charge is -1.96. The summed E-state index contributed by atoms with van der Waals surface area (Å²) in [4.78, 5) is 8.07. The van der Waals surface area contributed by atoms with Gasteiger partial charge in [0.25, 0.3) is 0 Å². The molecule has 0 saturated carbocycles. The maximum atomic E-state index is 8.54. The van der Waals surface area contributed by atoms with Crippen LogP contribution in [0.4, 0.5) is 0 Å². The Bertz CT molecular complexity index is 299. The van der Waals surface area contributed by atoms with Crippen molar-refractivity contribution in [2.45, 2.75) is 20.3 Å². The van der Waals surface area contributed by atoms with E-state index in [4.69, 9.17) is 5.26 Å². The van der Waals surface area contributed by atoms with Crippen LogP contribution in [0.3, 0.4) is 0 Å². The number of nitrogens with zero attached hydrogens (tertiary/aromatic N) is 3. The molecular formula is C8H9N3. The summed E-state index contributed by atoms with van der Waals surface area (Å²) < 4.78 is 0. The highest BCUT2D eigenvalue weighted by atomic mass is 14.9. The maximum absolute atomic E-state index is 8.54. The molecule has 0 atom stereocenters. The summed E-state index contributed by atoms with van der Waals surface area (Å²) in [5.74, 6) is 0.668. The van der Waals surface area contributed by atoms with Crippen LogP contribution in [0, 0.1) is 18.3 Å². The number of hydrogen-bond donors (Lipinski definition) is 0. The van der Waals surface area contributed by atoms with Gasteiger partial charge in [-0.1, -0.05) is 6.92 Å². The molecular weight excluding hydrogens is 138 g/mol. The maximum Gasteiger partial charge on any atom is 0.144 e. The van der Waals surface area contributed by atoms with E-state index in [2.05, 4.69) is 9.97 Å². The van der Waals surface area contributed by atoms with Gasteiger partial charge in [0.1, 0.15) is 17.6 Å². The van der Waals surface area contributed by atoms with E-state index in [0.717, 1.165) is 12.1 Å². The minimum absolute atomic E-state index is 0.453. The Morgan fingerprint density at radius 3 is 2.82 bits per heavy atom. The molecule has 0 saturated heterocycles. The van der Waals surface area contributed by atoms with Crippen LogP contribution in [0.5, 0.6) is 0 Å². The first-order chi connectivity index (χ1) is 5.26. The molecule has 1 aromatic rings. The predicted molar refractivity (Wildman–Crippen MR) is 40.9 cm³/mol. The minimum atomic E-state index is 0.453. The Hall–Kier alpha value is -1.43. The van der Waals surface area contributed by atoms with Crippen molar-refractivity contribution in [3.63, 3.8) is 0 Å². The smallest absolute Gasteiger partial charge is 0.144 e. The molecule has 0 bridgehead atoms. The van der Waals surface area contributed by atoms with E-state index in [9.17, 15) is 0 Å². The summed E-state index contributed by atoms with van der Waals surface area (Å²) in [6.07, 6.45) is 0.845. The third-order valence-electron chi connectivity index (χ3n) is 1.37. The van der Waals surface area contributed by atoms with Gasteiger partial charge < -0.3 is 0 Å². The Balaban J connectivity index is 3.15. The zero-order chi connectivity index (χ0) is 8.27. The van der Waals surface area contributed by atoms with E-state index < -0.39 is 0 Å². The summed E-state index contributed by atoms with van der Waals surface area (Å²) in [6.45, 7) is 3.79. The molecule has 0 unspecified atom stereocenters. The lowest BCUT2D eigenvalue weighted by Crippen LogP contribution is -1.96. The number of rotatable bonds is 1. The molecule has 0 aliphatic heterocycles. The second-order valence-corrected chi connectivity index (χ2v) is 2.26. The van der Waals surface area contributed by atoms with Gasteiger partial charge in [0.15, 0.2) is 0 Å². The van der Waals surface area contributed by atoms with Crippen molar-refractivity contribution in [2.75, 3.05) is 0 Å². The fourth-order valence-electron chi connectivity index (χ4n) is 0.868. The SMILES string of the molecule is CCc1cc(C#N)nc(C)n1. The Morgan fingerprint density at radius 2 is 2.27 bits per heavy atom. The minimum Gasteiger partial charge on any atom is -0.238 e. The molecule has 0 spiro atoms. The topological polar surface area (TPSA) is 49.6 Å². The van der Waals surface area contributed by atoms with Crippen LogP contribution in [0.15, 0.2) is 6.07 Å². The molecule has 0 amide bonds. The van der Waals surface area contributed by atoms with Crippen LogP contribution in [0.2, 0.25) is 0 Å². The molecule has 11 heavy (non-hydrogen) atoms. The average molecular weight is 147 g/mol. The summed E-state index contributed by atoms with van der Waals surface area (Å²) in [5.41, 5.74) is 1.38. The molecule has 3 nitrogen and oxygen atoms in total. The first-order valence-electron chi connectivity index (χ1n) is 3.51. The van der Waals surface area contributed by atoms with Gasteiger partial charge in [0, 0.05) is 5.69 Å². The quantitative estimate of drug-likeness (QED) is 0.600. The van der Waals surface area contributed by atoms with Crippen molar-refractivity contribution >= 4 is 0 Å². The first-order valence-corrected chi connectivity index (χ1v) is 3.51. The Morgan fingerprint density at radius 1 is 1.55 bits per heavy atom. The predicted octanol–water partition coefficient (Wildman–Crippen LogP) is 1.22. The molecule has 56 valence electrons. The van der Waals surface area contributed by atoms with Crippen LogP contribution in [0.25, 0.3) is 0 Å². The van der Waals surface area contributed by atoms with E-state index in [1.807, 2.05) is 13.0 Å². The van der Waals surface area contributed by atoms with Crippen molar-refractivity contribution in [1.29, 1.82) is 5.26 Å². The number of hydrogen-bond acceptors (Lipinski definition) is 3. The Kier molecular flexibility index (Phi) is 2.17. The average Bonchev–Trinajstić information content (AvgIpc) is 2.03. The van der Waals surface area contributed by atoms with E-state index in [-0.39, 0.29) is 0 Å². The van der Waals surface area contributed by atoms with Gasteiger partial charge in [0.2, 0.25) is 0 Å². The Labute approximate surface area is 65.7 Å². The third-order valence-corrected chi connectivity index (χ3v) is 1.37. The summed E-state index contributed by atoms with van der Waals surface area (Å²) in [7, 11) is 0. The molecule has 3 heteroatoms. The van der Waals surface area contributed by atoms with Gasteiger partial charge in [-0.15, -0.1) is 0 Å². The summed E-state index contributed by atoms with van der Waals surface area (Å²) in [5, 5.41) is 8.54. The van der Waals surface area contributed by atoms with Crippen molar-refractivity contribution < 1.29 is 0 Å². The van der Waals surface area contributed by atoms with E-state index in [1.165, 1.54) is 0 Å². The lowest BCUT2D eigenvalue weighted by molar-refractivity contribution is 0.940. The van der Waals surface area contributed by atoms with Crippen LogP contribution in [-0.4, -0.2) is 9.97 Å². The molecule has 0 aliphatic rings. The van der Waals surface area contributed by atoms with Crippen LogP contribution in [0.1, 0.15) is 24.1 Å². The summed E-state index contributed by atoms with van der Waals surface area (Å²) >= 11 is 0. The molecule has 1 heterocycles. The van der Waals surface area contributed by atoms with E-state index in [0.29, 0.717) is 11.5 Å². The van der Waals surface area contributed by atoms with Gasteiger partial charge in [-0.25, -0.2) is 9.97 Å². The molecule has 0 aromatic carbocycles. The molecule has 0 N–H and O–H groups in total. The number of aromatic nitrogens is 2. The fourth-order valence-corrected chi connectivity index (χ4v) is 0.868. The zero-order valence-corrected chi connectivity index (χ0v) is 6.63. The van der Waals surface area contributed by atoms with Gasteiger partial charge in [0.05, 0.1) is 0 Å². The molecule has 0 aliphatic carbocycles. The molecule has 0 fully saturated rings. The molecule has 1 rings (SSSR count). The van der Waals surface area contributed by atoms with Crippen molar-refractivity contribution in [3.05, 3.63) is 23.3 Å². The number of aryl methyl sites for hydroxylation is 2. The number of nitriles is 1. The lowest BCUT2D eigenvalue weighted by atomic mass is 10.3. The third kappa shape index (κ3) is 1.74. The highest BCUT2D eigenvalue weighted by Crippen LogP contribution is 1.99.